The highest BCUT2D eigenvalue weighted by Crippen LogP contribution is 2.14. The summed E-state index contributed by atoms with van der Waals surface area (Å²) in [7, 11) is 0. The van der Waals surface area contributed by atoms with E-state index in [2.05, 4.69) is 15.3 Å². The Morgan fingerprint density at radius 2 is 1.95 bits per heavy atom. The zero-order chi connectivity index (χ0) is 15.1. The van der Waals surface area contributed by atoms with Gasteiger partial charge in [0.2, 0.25) is 11.8 Å². The van der Waals surface area contributed by atoms with Crippen molar-refractivity contribution < 1.29 is 4.74 Å². The van der Waals surface area contributed by atoms with E-state index in [1.807, 2.05) is 44.2 Å². The molecule has 2 rings (SSSR count). The van der Waals surface area contributed by atoms with Gasteiger partial charge >= 0.3 is 0 Å². The minimum atomic E-state index is 0.00815. The van der Waals surface area contributed by atoms with Gasteiger partial charge in [-0.3, -0.25) is 0 Å². The van der Waals surface area contributed by atoms with Crippen molar-refractivity contribution in [2.45, 2.75) is 32.4 Å². The molecule has 0 aliphatic heterocycles. The Labute approximate surface area is 125 Å². The number of rotatable bonds is 7. The van der Waals surface area contributed by atoms with Gasteiger partial charge in [0.05, 0.1) is 6.10 Å². The van der Waals surface area contributed by atoms with Gasteiger partial charge in [-0.1, -0.05) is 30.3 Å². The summed E-state index contributed by atoms with van der Waals surface area (Å²) in [5.74, 6) is 1.14. The van der Waals surface area contributed by atoms with E-state index in [0.29, 0.717) is 18.4 Å². The largest absolute Gasteiger partial charge is 0.475 e. The molecule has 0 aliphatic carbocycles. The molecule has 1 heterocycles. The van der Waals surface area contributed by atoms with Crippen molar-refractivity contribution in [2.75, 3.05) is 11.9 Å². The minimum absolute atomic E-state index is 0.00815. The molecule has 0 bridgehead atoms. The predicted octanol–water partition coefficient (Wildman–Crippen LogP) is 2.77. The first-order valence-corrected chi connectivity index (χ1v) is 7.19. The van der Waals surface area contributed by atoms with Crippen molar-refractivity contribution in [1.82, 2.24) is 9.97 Å². The summed E-state index contributed by atoms with van der Waals surface area (Å²) in [5, 5.41) is 3.18. The molecule has 0 radical (unpaired) electrons. The van der Waals surface area contributed by atoms with Crippen LogP contribution in [-0.2, 0) is 0 Å². The first-order chi connectivity index (χ1) is 10.1. The van der Waals surface area contributed by atoms with Gasteiger partial charge in [0.15, 0.2) is 0 Å². The van der Waals surface area contributed by atoms with E-state index < -0.39 is 0 Å². The Hall–Kier alpha value is -2.14. The normalized spacial score (nSPS) is 12.2. The van der Waals surface area contributed by atoms with Crippen LogP contribution in [0, 0.1) is 0 Å². The summed E-state index contributed by atoms with van der Waals surface area (Å²) in [6.45, 7) is 4.64. The summed E-state index contributed by atoms with van der Waals surface area (Å²) >= 11 is 0. The van der Waals surface area contributed by atoms with Crippen LogP contribution in [0.25, 0.3) is 0 Å². The molecular formula is C16H22N4O. The monoisotopic (exact) mass is 286 g/mol. The highest BCUT2D eigenvalue weighted by molar-refractivity contribution is 5.27. The SMILES string of the molecule is CC(C)Oc1ccnc(NCCC(N)c2ccccc2)n1. The van der Waals surface area contributed by atoms with Gasteiger partial charge in [0.1, 0.15) is 0 Å². The van der Waals surface area contributed by atoms with Gasteiger partial charge in [-0.25, -0.2) is 4.98 Å². The molecule has 0 aliphatic rings. The number of nitrogens with two attached hydrogens (primary N) is 1. The number of nitrogens with one attached hydrogen (secondary N) is 1. The number of anilines is 1. The van der Waals surface area contributed by atoms with Gasteiger partial charge in [-0.05, 0) is 25.8 Å². The van der Waals surface area contributed by atoms with Gasteiger partial charge in [0.25, 0.3) is 0 Å². The Bertz CT molecular complexity index is 545. The van der Waals surface area contributed by atoms with Crippen LogP contribution in [0.2, 0.25) is 0 Å². The van der Waals surface area contributed by atoms with Crippen LogP contribution in [0.5, 0.6) is 5.88 Å². The van der Waals surface area contributed by atoms with E-state index in [4.69, 9.17) is 10.5 Å². The number of ether oxygens (including phenoxy) is 1. The average Bonchev–Trinajstić information content (AvgIpc) is 2.48. The quantitative estimate of drug-likeness (QED) is 0.818. The molecule has 1 aromatic carbocycles. The van der Waals surface area contributed by atoms with E-state index in [0.717, 1.165) is 12.0 Å². The standard InChI is InChI=1S/C16H22N4O/c1-12(2)21-15-9-11-19-16(20-15)18-10-8-14(17)13-6-4-3-5-7-13/h3-7,9,11-12,14H,8,10,17H2,1-2H3,(H,18,19,20). The molecule has 0 spiro atoms. The molecule has 5 nitrogen and oxygen atoms in total. The average molecular weight is 286 g/mol. The van der Waals surface area contributed by atoms with Crippen molar-refractivity contribution in [3.05, 3.63) is 48.2 Å². The second-order valence-electron chi connectivity index (χ2n) is 5.12. The summed E-state index contributed by atoms with van der Waals surface area (Å²) in [4.78, 5) is 8.47. The van der Waals surface area contributed by atoms with Crippen LogP contribution in [0.3, 0.4) is 0 Å². The maximum absolute atomic E-state index is 6.15. The lowest BCUT2D eigenvalue weighted by Crippen LogP contribution is -2.16. The van der Waals surface area contributed by atoms with Gasteiger partial charge in [-0.2, -0.15) is 4.98 Å². The summed E-state index contributed by atoms with van der Waals surface area (Å²) < 4.78 is 5.54. The van der Waals surface area contributed by atoms with Crippen LogP contribution in [0.15, 0.2) is 42.6 Å². The molecule has 0 amide bonds. The maximum Gasteiger partial charge on any atom is 0.225 e. The molecule has 1 aromatic heterocycles. The first kappa shape index (κ1) is 15.3. The summed E-state index contributed by atoms with van der Waals surface area (Å²) in [6.07, 6.45) is 2.59. The van der Waals surface area contributed by atoms with Crippen molar-refractivity contribution in [3.8, 4) is 5.88 Å². The van der Waals surface area contributed by atoms with Crippen molar-refractivity contribution in [3.63, 3.8) is 0 Å². The highest BCUT2D eigenvalue weighted by Gasteiger charge is 2.06. The molecule has 5 heteroatoms. The lowest BCUT2D eigenvalue weighted by molar-refractivity contribution is 0.232. The zero-order valence-corrected chi connectivity index (χ0v) is 12.5. The molecule has 0 fully saturated rings. The van der Waals surface area contributed by atoms with Crippen LogP contribution in [0.1, 0.15) is 31.9 Å². The van der Waals surface area contributed by atoms with E-state index in [1.54, 1.807) is 12.3 Å². The second-order valence-corrected chi connectivity index (χ2v) is 5.12. The van der Waals surface area contributed by atoms with Gasteiger partial charge in [0, 0.05) is 24.8 Å². The summed E-state index contributed by atoms with van der Waals surface area (Å²) in [5.41, 5.74) is 7.29. The molecule has 0 saturated heterocycles. The lowest BCUT2D eigenvalue weighted by atomic mass is 10.1. The van der Waals surface area contributed by atoms with Crippen molar-refractivity contribution >= 4 is 5.95 Å². The third-order valence-corrected chi connectivity index (χ3v) is 2.95. The molecule has 112 valence electrons. The highest BCUT2D eigenvalue weighted by atomic mass is 16.5. The van der Waals surface area contributed by atoms with Crippen molar-refractivity contribution in [1.29, 1.82) is 0 Å². The molecule has 2 aromatic rings. The summed E-state index contributed by atoms with van der Waals surface area (Å²) in [6, 6.07) is 11.8. The number of nitrogens with zero attached hydrogens (tertiary/aromatic N) is 2. The van der Waals surface area contributed by atoms with Crippen LogP contribution >= 0.6 is 0 Å². The van der Waals surface area contributed by atoms with E-state index >= 15 is 0 Å². The fourth-order valence-corrected chi connectivity index (χ4v) is 1.94. The molecular weight excluding hydrogens is 264 g/mol. The van der Waals surface area contributed by atoms with E-state index in [9.17, 15) is 0 Å². The number of hydrogen-bond donors (Lipinski definition) is 2. The number of benzene rings is 1. The molecule has 3 N–H and O–H groups in total. The lowest BCUT2D eigenvalue weighted by Gasteiger charge is -2.13. The Morgan fingerprint density at radius 1 is 1.19 bits per heavy atom. The number of hydrogen-bond acceptors (Lipinski definition) is 5. The van der Waals surface area contributed by atoms with Crippen molar-refractivity contribution in [2.24, 2.45) is 5.73 Å². The smallest absolute Gasteiger partial charge is 0.225 e. The van der Waals surface area contributed by atoms with Gasteiger partial charge in [-0.15, -0.1) is 0 Å². The Kier molecular flexibility index (Phi) is 5.51. The third kappa shape index (κ3) is 5.04. The molecule has 0 saturated carbocycles. The molecule has 21 heavy (non-hydrogen) atoms. The Morgan fingerprint density at radius 3 is 2.67 bits per heavy atom. The second kappa shape index (κ2) is 7.59. The third-order valence-electron chi connectivity index (χ3n) is 2.95. The molecule has 1 atom stereocenters. The zero-order valence-electron chi connectivity index (χ0n) is 12.5. The van der Waals surface area contributed by atoms with E-state index in [1.165, 1.54) is 0 Å². The Balaban J connectivity index is 1.83. The van der Waals surface area contributed by atoms with Gasteiger partial charge < -0.3 is 15.8 Å². The van der Waals surface area contributed by atoms with E-state index in [-0.39, 0.29) is 12.1 Å². The minimum Gasteiger partial charge on any atom is -0.475 e. The van der Waals surface area contributed by atoms with Crippen LogP contribution < -0.4 is 15.8 Å². The van der Waals surface area contributed by atoms with Crippen LogP contribution in [-0.4, -0.2) is 22.6 Å². The fourth-order valence-electron chi connectivity index (χ4n) is 1.94. The van der Waals surface area contributed by atoms with Crippen LogP contribution in [0.4, 0.5) is 5.95 Å². The first-order valence-electron chi connectivity index (χ1n) is 7.19. The maximum atomic E-state index is 6.15. The number of aromatic nitrogens is 2. The molecule has 1 unspecified atom stereocenters. The topological polar surface area (TPSA) is 73.1 Å². The predicted molar refractivity (Wildman–Crippen MR) is 84.3 cm³/mol. The fraction of sp³-hybridized carbons (Fsp3) is 0.375.